The number of rotatable bonds is 3. The number of hydrogen-bond acceptors (Lipinski definition) is 2. The van der Waals surface area contributed by atoms with E-state index in [1.807, 2.05) is 72.8 Å². The van der Waals surface area contributed by atoms with Gasteiger partial charge in [-0.3, -0.25) is 4.40 Å². The molecular weight excluding hydrogens is 495 g/mol. The summed E-state index contributed by atoms with van der Waals surface area (Å²) in [5.74, 6) is 0. The molecule has 0 saturated heterocycles. The summed E-state index contributed by atoms with van der Waals surface area (Å²) in [6.07, 6.45) is 0. The lowest BCUT2D eigenvalue weighted by atomic mass is 10.0. The smallest absolute Gasteiger partial charge is 0.171 e. The number of aromatic nitrogens is 2. The van der Waals surface area contributed by atoms with E-state index in [9.17, 15) is 0 Å². The van der Waals surface area contributed by atoms with Gasteiger partial charge in [0.05, 0.1) is 16.6 Å². The first-order chi connectivity index (χ1) is 19.2. The highest BCUT2D eigenvalue weighted by molar-refractivity contribution is 7.85. The Balaban J connectivity index is 1.56. The summed E-state index contributed by atoms with van der Waals surface area (Å²) >= 11 is 0. The van der Waals surface area contributed by atoms with Gasteiger partial charge in [-0.15, -0.1) is 0 Å². The van der Waals surface area contributed by atoms with Gasteiger partial charge < -0.3 is 4.57 Å². The maximum Gasteiger partial charge on any atom is 0.171 e. The SMILES string of the molecule is O=P(c1ccccc1)(c1ccccc1)c1ccc2ccc3c4ccccc4c4nc5ccccc5n4c3c2c1. The largest absolute Gasteiger partial charge is 0.309 e. The number of nitrogens with zero attached hydrogens (tertiary/aromatic N) is 2. The minimum atomic E-state index is -3.13. The molecule has 8 rings (SSSR count). The fourth-order valence-corrected chi connectivity index (χ4v) is 8.69. The van der Waals surface area contributed by atoms with Gasteiger partial charge >= 0.3 is 0 Å². The quantitative estimate of drug-likeness (QED) is 0.178. The van der Waals surface area contributed by atoms with Gasteiger partial charge in [-0.1, -0.05) is 121 Å². The molecule has 0 aliphatic carbocycles. The van der Waals surface area contributed by atoms with Gasteiger partial charge in [-0.2, -0.15) is 0 Å². The molecule has 2 aromatic heterocycles. The monoisotopic (exact) mass is 518 g/mol. The molecule has 0 saturated carbocycles. The van der Waals surface area contributed by atoms with Crippen molar-refractivity contribution in [3.05, 3.63) is 140 Å². The van der Waals surface area contributed by atoms with Crippen LogP contribution in [0.15, 0.2) is 140 Å². The first kappa shape index (κ1) is 22.3. The van der Waals surface area contributed by atoms with Crippen LogP contribution in [0.1, 0.15) is 0 Å². The molecule has 0 aliphatic rings. The van der Waals surface area contributed by atoms with Crippen LogP contribution in [0.2, 0.25) is 0 Å². The van der Waals surface area contributed by atoms with Gasteiger partial charge in [0, 0.05) is 32.1 Å². The summed E-state index contributed by atoms with van der Waals surface area (Å²) < 4.78 is 17.5. The average Bonchev–Trinajstić information content (AvgIpc) is 3.41. The zero-order valence-corrected chi connectivity index (χ0v) is 21.9. The summed E-state index contributed by atoms with van der Waals surface area (Å²) in [6.45, 7) is 0. The van der Waals surface area contributed by atoms with Gasteiger partial charge in [-0.05, 0) is 29.0 Å². The van der Waals surface area contributed by atoms with Gasteiger partial charge in [0.2, 0.25) is 0 Å². The van der Waals surface area contributed by atoms with E-state index in [-0.39, 0.29) is 0 Å². The Morgan fingerprint density at radius 1 is 0.513 bits per heavy atom. The van der Waals surface area contributed by atoms with E-state index in [1.54, 1.807) is 0 Å². The minimum Gasteiger partial charge on any atom is -0.309 e. The number of benzene rings is 6. The van der Waals surface area contributed by atoms with Gasteiger partial charge in [-0.25, -0.2) is 4.98 Å². The van der Waals surface area contributed by atoms with Crippen molar-refractivity contribution in [2.45, 2.75) is 0 Å². The average molecular weight is 519 g/mol. The molecular formula is C35H23N2OP. The summed E-state index contributed by atoms with van der Waals surface area (Å²) in [7, 11) is -3.13. The summed E-state index contributed by atoms with van der Waals surface area (Å²) in [5.41, 5.74) is 4.05. The third kappa shape index (κ3) is 3.17. The molecule has 0 aliphatic heterocycles. The first-order valence-corrected chi connectivity index (χ1v) is 14.8. The maximum absolute atomic E-state index is 15.2. The molecule has 0 N–H and O–H groups in total. The Morgan fingerprint density at radius 2 is 1.13 bits per heavy atom. The van der Waals surface area contributed by atoms with E-state index in [0.717, 1.165) is 65.0 Å². The molecule has 8 aromatic rings. The van der Waals surface area contributed by atoms with Crippen LogP contribution in [0.4, 0.5) is 0 Å². The molecule has 0 fully saturated rings. The topological polar surface area (TPSA) is 34.4 Å². The summed E-state index contributed by atoms with van der Waals surface area (Å²) in [5, 5.41) is 8.10. The van der Waals surface area contributed by atoms with Crippen molar-refractivity contribution >= 4 is 72.2 Å². The third-order valence-corrected chi connectivity index (χ3v) is 10.9. The second kappa shape index (κ2) is 8.39. The van der Waals surface area contributed by atoms with E-state index in [1.165, 1.54) is 0 Å². The van der Waals surface area contributed by atoms with Crippen LogP contribution in [-0.4, -0.2) is 9.38 Å². The highest BCUT2D eigenvalue weighted by Crippen LogP contribution is 2.44. The Bertz CT molecular complexity index is 2210. The molecule has 3 nitrogen and oxygen atoms in total. The van der Waals surface area contributed by atoms with Gasteiger partial charge in [0.25, 0.3) is 0 Å². The summed E-state index contributed by atoms with van der Waals surface area (Å²) in [6, 6.07) is 47.2. The molecule has 39 heavy (non-hydrogen) atoms. The molecule has 0 bridgehead atoms. The van der Waals surface area contributed by atoms with Crippen molar-refractivity contribution in [2.75, 3.05) is 0 Å². The third-order valence-electron chi connectivity index (χ3n) is 7.82. The lowest BCUT2D eigenvalue weighted by Crippen LogP contribution is -2.24. The lowest BCUT2D eigenvalue weighted by Gasteiger charge is -2.21. The fraction of sp³-hybridized carbons (Fsp3) is 0. The Morgan fingerprint density at radius 3 is 1.87 bits per heavy atom. The van der Waals surface area contributed by atoms with E-state index >= 15 is 4.57 Å². The van der Waals surface area contributed by atoms with Crippen LogP contribution >= 0.6 is 7.14 Å². The van der Waals surface area contributed by atoms with Crippen LogP contribution in [0.5, 0.6) is 0 Å². The lowest BCUT2D eigenvalue weighted by molar-refractivity contribution is 0.592. The van der Waals surface area contributed by atoms with E-state index < -0.39 is 7.14 Å². The molecule has 6 aromatic carbocycles. The molecule has 4 heteroatoms. The van der Waals surface area contributed by atoms with Crippen molar-refractivity contribution in [3.8, 4) is 0 Å². The van der Waals surface area contributed by atoms with Crippen molar-refractivity contribution < 1.29 is 4.57 Å². The van der Waals surface area contributed by atoms with Crippen LogP contribution < -0.4 is 15.9 Å². The molecule has 0 spiro atoms. The Kier molecular flexibility index (Phi) is 4.79. The molecule has 0 unspecified atom stereocenters. The zero-order chi connectivity index (χ0) is 26.0. The minimum absolute atomic E-state index is 0.825. The number of fused-ring (bicyclic) bond motifs is 10. The van der Waals surface area contributed by atoms with Crippen molar-refractivity contribution in [2.24, 2.45) is 0 Å². The van der Waals surface area contributed by atoms with Gasteiger partial charge in [0.1, 0.15) is 5.65 Å². The maximum atomic E-state index is 15.2. The number of para-hydroxylation sites is 2. The first-order valence-electron chi connectivity index (χ1n) is 13.1. The highest BCUT2D eigenvalue weighted by atomic mass is 31.2. The van der Waals surface area contributed by atoms with Crippen molar-refractivity contribution in [3.63, 3.8) is 0 Å². The van der Waals surface area contributed by atoms with Crippen LogP contribution in [-0.2, 0) is 4.57 Å². The predicted octanol–water partition coefficient (Wildman–Crippen LogP) is 7.59. The predicted molar refractivity (Wildman–Crippen MR) is 165 cm³/mol. The molecule has 2 heterocycles. The van der Waals surface area contributed by atoms with Crippen molar-refractivity contribution in [1.82, 2.24) is 9.38 Å². The van der Waals surface area contributed by atoms with Crippen LogP contribution in [0, 0.1) is 0 Å². The number of imidazole rings is 1. The molecule has 0 atom stereocenters. The van der Waals surface area contributed by atoms with Crippen LogP contribution in [0.3, 0.4) is 0 Å². The standard InChI is InChI=1S/C35H23N2OP/c38-39(25-11-3-1-4-12-25,26-13-5-2-6-14-26)27-21-19-24-20-22-29-28-15-7-8-16-30(28)35-36-32-17-9-10-18-33(32)37(35)34(29)31(24)23-27/h1-23H. The van der Waals surface area contributed by atoms with E-state index in [2.05, 4.69) is 71.1 Å². The Hall–Kier alpha value is -4.72. The second-order valence-corrected chi connectivity index (χ2v) is 12.7. The highest BCUT2D eigenvalue weighted by Gasteiger charge is 2.30. The normalized spacial score (nSPS) is 12.2. The van der Waals surface area contributed by atoms with E-state index in [0.29, 0.717) is 0 Å². The van der Waals surface area contributed by atoms with Gasteiger partial charge in [0.15, 0.2) is 7.14 Å². The molecule has 0 amide bonds. The fourth-order valence-electron chi connectivity index (χ4n) is 6.01. The zero-order valence-electron chi connectivity index (χ0n) is 21.0. The number of hydrogen-bond donors (Lipinski definition) is 0. The van der Waals surface area contributed by atoms with Crippen LogP contribution in [0.25, 0.3) is 49.1 Å². The molecule has 0 radical (unpaired) electrons. The van der Waals surface area contributed by atoms with Crippen molar-refractivity contribution in [1.29, 1.82) is 0 Å². The molecule has 184 valence electrons. The second-order valence-electron chi connectivity index (χ2n) is 9.95. The number of pyridine rings is 1. The Labute approximate surface area is 225 Å². The summed E-state index contributed by atoms with van der Waals surface area (Å²) in [4.78, 5) is 5.07. The van der Waals surface area contributed by atoms with E-state index in [4.69, 9.17) is 4.98 Å².